The number of amides is 1. The van der Waals surface area contributed by atoms with Gasteiger partial charge in [0.25, 0.3) is 5.91 Å². The number of methoxy groups -OCH3 is 1. The molecule has 3 N–H and O–H groups in total. The topological polar surface area (TPSA) is 88.1 Å². The third-order valence-electron chi connectivity index (χ3n) is 3.66. The van der Waals surface area contributed by atoms with E-state index in [-0.39, 0.29) is 22.1 Å². The van der Waals surface area contributed by atoms with E-state index in [0.29, 0.717) is 12.3 Å². The molecule has 0 fully saturated rings. The first-order valence-electron chi connectivity index (χ1n) is 6.75. The van der Waals surface area contributed by atoms with Gasteiger partial charge in [0.15, 0.2) is 0 Å². The van der Waals surface area contributed by atoms with Crippen LogP contribution in [0.3, 0.4) is 0 Å². The number of halogens is 1. The van der Waals surface area contributed by atoms with E-state index in [9.17, 15) is 4.79 Å². The first-order chi connectivity index (χ1) is 9.90. The molecule has 0 saturated heterocycles. The van der Waals surface area contributed by atoms with Gasteiger partial charge in [-0.05, 0) is 18.9 Å². The predicted molar refractivity (Wildman–Crippen MR) is 82.6 cm³/mol. The number of benzene rings is 1. The van der Waals surface area contributed by atoms with Gasteiger partial charge in [0.1, 0.15) is 11.8 Å². The lowest BCUT2D eigenvalue weighted by atomic mass is 9.94. The number of nitrogens with two attached hydrogens (primary N) is 1. The Kier molecular flexibility index (Phi) is 6.01. The summed E-state index contributed by atoms with van der Waals surface area (Å²) in [5, 5.41) is 11.9. The number of nitrogens with one attached hydrogen (secondary N) is 1. The molecule has 0 aliphatic rings. The third-order valence-corrected chi connectivity index (χ3v) is 3.98. The van der Waals surface area contributed by atoms with Crippen LogP contribution < -0.4 is 15.8 Å². The van der Waals surface area contributed by atoms with E-state index in [1.54, 1.807) is 0 Å². The lowest BCUT2D eigenvalue weighted by molar-refractivity contribution is 0.0939. The number of carbonyl (C=O) groups excluding carboxylic acids is 1. The van der Waals surface area contributed by atoms with Crippen LogP contribution in [0.5, 0.6) is 5.75 Å². The zero-order chi connectivity index (χ0) is 16.0. The maximum atomic E-state index is 12.3. The monoisotopic (exact) mass is 309 g/mol. The van der Waals surface area contributed by atoms with Gasteiger partial charge in [-0.15, -0.1) is 0 Å². The van der Waals surface area contributed by atoms with Gasteiger partial charge in [-0.25, -0.2) is 0 Å². The molecular formula is C15H20ClN3O2. The van der Waals surface area contributed by atoms with Crippen molar-refractivity contribution in [1.82, 2.24) is 5.32 Å². The van der Waals surface area contributed by atoms with Crippen LogP contribution in [-0.4, -0.2) is 25.1 Å². The summed E-state index contributed by atoms with van der Waals surface area (Å²) in [6.07, 6.45) is 1.52. The third kappa shape index (κ3) is 4.10. The van der Waals surface area contributed by atoms with Crippen molar-refractivity contribution in [3.05, 3.63) is 28.3 Å². The number of ether oxygens (including phenoxy) is 1. The zero-order valence-electron chi connectivity index (χ0n) is 12.5. The van der Waals surface area contributed by atoms with E-state index in [1.165, 1.54) is 19.2 Å². The van der Waals surface area contributed by atoms with E-state index in [4.69, 9.17) is 27.3 Å². The minimum absolute atomic E-state index is 0.216. The maximum absolute atomic E-state index is 12.3. The van der Waals surface area contributed by atoms with Gasteiger partial charge in [0.2, 0.25) is 0 Å². The summed E-state index contributed by atoms with van der Waals surface area (Å²) in [5.41, 5.74) is 6.27. The van der Waals surface area contributed by atoms with Crippen LogP contribution in [0.25, 0.3) is 0 Å². The number of carbonyl (C=O) groups is 1. The number of hydrogen-bond donors (Lipinski definition) is 2. The van der Waals surface area contributed by atoms with E-state index in [0.717, 1.165) is 12.8 Å². The first kappa shape index (κ1) is 17.3. The molecule has 1 rings (SSSR count). The molecule has 0 spiro atoms. The highest BCUT2D eigenvalue weighted by Crippen LogP contribution is 2.26. The van der Waals surface area contributed by atoms with Gasteiger partial charge in [-0.3, -0.25) is 4.79 Å². The van der Waals surface area contributed by atoms with Crippen LogP contribution in [0.15, 0.2) is 12.1 Å². The Bertz CT molecular complexity index is 563. The number of hydrogen-bond acceptors (Lipinski definition) is 4. The molecule has 114 valence electrons. The van der Waals surface area contributed by atoms with Gasteiger partial charge in [0, 0.05) is 18.2 Å². The van der Waals surface area contributed by atoms with Crippen LogP contribution in [0.4, 0.5) is 0 Å². The summed E-state index contributed by atoms with van der Waals surface area (Å²) in [7, 11) is 1.44. The average molecular weight is 310 g/mol. The Balaban J connectivity index is 2.98. The predicted octanol–water partition coefficient (Wildman–Crippen LogP) is 2.47. The van der Waals surface area contributed by atoms with Crippen molar-refractivity contribution in [2.75, 3.05) is 13.7 Å². The Morgan fingerprint density at radius 2 is 2.10 bits per heavy atom. The van der Waals surface area contributed by atoms with Crippen LogP contribution >= 0.6 is 11.6 Å². The number of rotatable bonds is 6. The quantitative estimate of drug-likeness (QED) is 0.845. The van der Waals surface area contributed by atoms with E-state index in [2.05, 4.69) is 5.32 Å². The second-order valence-electron chi connectivity index (χ2n) is 4.90. The first-order valence-corrected chi connectivity index (χ1v) is 7.13. The molecule has 0 unspecified atom stereocenters. The van der Waals surface area contributed by atoms with Crippen LogP contribution in [0.2, 0.25) is 5.02 Å². The van der Waals surface area contributed by atoms with Gasteiger partial charge < -0.3 is 15.8 Å². The van der Waals surface area contributed by atoms with Gasteiger partial charge in [0.05, 0.1) is 23.3 Å². The fraction of sp³-hybridized carbons (Fsp3) is 0.467. The van der Waals surface area contributed by atoms with Crippen molar-refractivity contribution in [3.8, 4) is 11.8 Å². The lowest BCUT2D eigenvalue weighted by Crippen LogP contribution is -2.49. The van der Waals surface area contributed by atoms with Crippen LogP contribution in [0, 0.1) is 11.3 Å². The van der Waals surface area contributed by atoms with E-state index in [1.807, 2.05) is 19.9 Å². The number of nitriles is 1. The SMILES string of the molecule is CCC(N)(CC)CNC(=O)c1cc(Cl)c(C#N)cc1OC. The molecule has 0 aromatic heterocycles. The molecule has 0 heterocycles. The summed E-state index contributed by atoms with van der Waals surface area (Å²) in [6, 6.07) is 4.83. The molecule has 0 aliphatic heterocycles. The Hall–Kier alpha value is -1.77. The standard InChI is InChI=1S/C15H20ClN3O2/c1-4-15(18,5-2)9-19-14(20)11-7-12(16)10(8-17)6-13(11)21-3/h6-7H,4-5,9,18H2,1-3H3,(H,19,20). The summed E-state index contributed by atoms with van der Waals surface area (Å²) in [5.74, 6) is -0.0148. The molecule has 1 aromatic carbocycles. The summed E-state index contributed by atoms with van der Waals surface area (Å²) in [6.45, 7) is 4.32. The molecule has 0 atom stereocenters. The molecule has 0 radical (unpaired) electrons. The molecule has 5 nitrogen and oxygen atoms in total. The normalized spacial score (nSPS) is 10.9. The van der Waals surface area contributed by atoms with Gasteiger partial charge in [-0.2, -0.15) is 5.26 Å². The molecular weight excluding hydrogens is 290 g/mol. The molecule has 21 heavy (non-hydrogen) atoms. The second kappa shape index (κ2) is 7.30. The number of nitrogens with zero attached hydrogens (tertiary/aromatic N) is 1. The Morgan fingerprint density at radius 1 is 1.48 bits per heavy atom. The zero-order valence-corrected chi connectivity index (χ0v) is 13.3. The summed E-state index contributed by atoms with van der Waals surface area (Å²) < 4.78 is 5.15. The molecule has 0 bridgehead atoms. The highest BCUT2D eigenvalue weighted by molar-refractivity contribution is 6.32. The summed E-state index contributed by atoms with van der Waals surface area (Å²) in [4.78, 5) is 12.3. The summed E-state index contributed by atoms with van der Waals surface area (Å²) >= 11 is 5.96. The lowest BCUT2D eigenvalue weighted by Gasteiger charge is -2.27. The second-order valence-corrected chi connectivity index (χ2v) is 5.30. The van der Waals surface area contributed by atoms with Crippen molar-refractivity contribution in [2.45, 2.75) is 32.2 Å². The Labute approximate surface area is 130 Å². The van der Waals surface area contributed by atoms with Gasteiger partial charge >= 0.3 is 0 Å². The molecule has 6 heteroatoms. The fourth-order valence-electron chi connectivity index (χ4n) is 1.84. The molecule has 0 aliphatic carbocycles. The Morgan fingerprint density at radius 3 is 2.57 bits per heavy atom. The van der Waals surface area contributed by atoms with Crippen molar-refractivity contribution >= 4 is 17.5 Å². The van der Waals surface area contributed by atoms with Crippen molar-refractivity contribution in [2.24, 2.45) is 5.73 Å². The molecule has 1 aromatic rings. The smallest absolute Gasteiger partial charge is 0.255 e. The van der Waals surface area contributed by atoms with Crippen molar-refractivity contribution in [3.63, 3.8) is 0 Å². The van der Waals surface area contributed by atoms with E-state index >= 15 is 0 Å². The van der Waals surface area contributed by atoms with E-state index < -0.39 is 5.54 Å². The largest absolute Gasteiger partial charge is 0.496 e. The van der Waals surface area contributed by atoms with Gasteiger partial charge in [-0.1, -0.05) is 25.4 Å². The highest BCUT2D eigenvalue weighted by atomic mass is 35.5. The minimum Gasteiger partial charge on any atom is -0.496 e. The fourth-order valence-corrected chi connectivity index (χ4v) is 2.04. The maximum Gasteiger partial charge on any atom is 0.255 e. The van der Waals surface area contributed by atoms with Crippen molar-refractivity contribution in [1.29, 1.82) is 5.26 Å². The highest BCUT2D eigenvalue weighted by Gasteiger charge is 2.23. The van der Waals surface area contributed by atoms with Crippen LogP contribution in [0.1, 0.15) is 42.6 Å². The molecule has 1 amide bonds. The van der Waals surface area contributed by atoms with Crippen molar-refractivity contribution < 1.29 is 9.53 Å². The average Bonchev–Trinajstić information content (AvgIpc) is 2.51. The van der Waals surface area contributed by atoms with Crippen LogP contribution in [-0.2, 0) is 0 Å². The molecule has 0 saturated carbocycles. The minimum atomic E-state index is -0.431.